The average molecular weight is 271 g/mol. The van der Waals surface area contributed by atoms with Gasteiger partial charge in [0.15, 0.2) is 0 Å². The van der Waals surface area contributed by atoms with Gasteiger partial charge in [0.2, 0.25) is 0 Å². The van der Waals surface area contributed by atoms with Crippen LogP contribution in [0.5, 0.6) is 0 Å². The van der Waals surface area contributed by atoms with Crippen LogP contribution in [-0.4, -0.2) is 6.54 Å². The van der Waals surface area contributed by atoms with Crippen molar-refractivity contribution in [2.24, 2.45) is 17.3 Å². The minimum Gasteiger partial charge on any atom is -0.309 e. The van der Waals surface area contributed by atoms with Crippen molar-refractivity contribution in [1.29, 1.82) is 0 Å². The lowest BCUT2D eigenvalue weighted by Crippen LogP contribution is -2.36. The first-order valence-electron chi connectivity index (χ1n) is 8.39. The van der Waals surface area contributed by atoms with Crippen LogP contribution < -0.4 is 5.32 Å². The van der Waals surface area contributed by atoms with Crippen molar-refractivity contribution in [1.82, 2.24) is 5.32 Å². The van der Waals surface area contributed by atoms with Crippen molar-refractivity contribution < 1.29 is 0 Å². The predicted molar refractivity (Wildman–Crippen MR) is 85.8 cm³/mol. The summed E-state index contributed by atoms with van der Waals surface area (Å²) in [5, 5.41) is 3.93. The van der Waals surface area contributed by atoms with Gasteiger partial charge in [-0.3, -0.25) is 0 Å². The van der Waals surface area contributed by atoms with E-state index in [2.05, 4.69) is 50.4 Å². The molecule has 1 nitrogen and oxygen atoms in total. The molecule has 2 aliphatic rings. The maximum Gasteiger partial charge on any atom is 0.0377 e. The second-order valence-electron chi connectivity index (χ2n) is 7.73. The minimum atomic E-state index is 0.349. The molecule has 0 spiro atoms. The lowest BCUT2D eigenvalue weighted by atomic mass is 9.79. The molecule has 0 radical (unpaired) electrons. The number of benzene rings is 1. The maximum absolute atomic E-state index is 3.93. The number of rotatable bonds is 3. The van der Waals surface area contributed by atoms with Crippen molar-refractivity contribution >= 4 is 0 Å². The molecule has 110 valence electrons. The summed E-state index contributed by atoms with van der Waals surface area (Å²) in [6.07, 6.45) is 6.93. The van der Waals surface area contributed by atoms with E-state index in [1.807, 2.05) is 0 Å². The number of nitrogens with one attached hydrogen (secondary N) is 1. The van der Waals surface area contributed by atoms with Gasteiger partial charge in [-0.1, -0.05) is 64.3 Å². The summed E-state index contributed by atoms with van der Waals surface area (Å²) in [5.41, 5.74) is 3.44. The first kappa shape index (κ1) is 14.1. The van der Waals surface area contributed by atoms with E-state index in [0.29, 0.717) is 11.5 Å². The third kappa shape index (κ3) is 2.65. The first-order chi connectivity index (χ1) is 9.58. The Labute approximate surface area is 124 Å². The van der Waals surface area contributed by atoms with Crippen LogP contribution >= 0.6 is 0 Å². The standard InChI is InChI=1S/C19H29N/c1-14-8-4-5-10-16(14)13-20-18-17-11-7-6-9-15(17)12-19(18,2)3/h6-7,9,11,14,16,18,20H,4-5,8,10,12-13H2,1-3H3. The maximum atomic E-state index is 3.93. The molecule has 1 aromatic carbocycles. The summed E-state index contributed by atoms with van der Waals surface area (Å²) in [6.45, 7) is 8.47. The summed E-state index contributed by atoms with van der Waals surface area (Å²) in [5.74, 6) is 1.78. The molecule has 0 amide bonds. The highest BCUT2D eigenvalue weighted by Crippen LogP contribution is 2.45. The number of hydrogen-bond acceptors (Lipinski definition) is 1. The van der Waals surface area contributed by atoms with Crippen molar-refractivity contribution in [2.45, 2.75) is 58.9 Å². The Balaban J connectivity index is 1.70. The zero-order valence-corrected chi connectivity index (χ0v) is 13.3. The molecule has 0 saturated heterocycles. The Bertz CT molecular complexity index is 463. The van der Waals surface area contributed by atoms with Gasteiger partial charge >= 0.3 is 0 Å². The Morgan fingerprint density at radius 3 is 2.70 bits per heavy atom. The van der Waals surface area contributed by atoms with E-state index in [9.17, 15) is 0 Å². The fraction of sp³-hybridized carbons (Fsp3) is 0.684. The van der Waals surface area contributed by atoms with E-state index in [1.54, 1.807) is 11.1 Å². The zero-order chi connectivity index (χ0) is 14.2. The largest absolute Gasteiger partial charge is 0.309 e. The summed E-state index contributed by atoms with van der Waals surface area (Å²) >= 11 is 0. The van der Waals surface area contributed by atoms with Gasteiger partial charge in [0.05, 0.1) is 0 Å². The molecular weight excluding hydrogens is 242 g/mol. The molecule has 2 aliphatic carbocycles. The second-order valence-corrected chi connectivity index (χ2v) is 7.73. The highest BCUT2D eigenvalue weighted by molar-refractivity contribution is 5.37. The van der Waals surface area contributed by atoms with E-state index in [0.717, 1.165) is 11.8 Å². The molecule has 1 aromatic rings. The van der Waals surface area contributed by atoms with Crippen molar-refractivity contribution in [3.63, 3.8) is 0 Å². The Morgan fingerprint density at radius 1 is 1.15 bits per heavy atom. The van der Waals surface area contributed by atoms with Gasteiger partial charge in [0.25, 0.3) is 0 Å². The van der Waals surface area contributed by atoms with E-state index in [-0.39, 0.29) is 0 Å². The number of fused-ring (bicyclic) bond motifs is 1. The third-order valence-corrected chi connectivity index (χ3v) is 5.67. The molecule has 0 aliphatic heterocycles. The Kier molecular flexibility index (Phi) is 3.90. The van der Waals surface area contributed by atoms with Crippen LogP contribution in [0.15, 0.2) is 24.3 Å². The molecule has 3 unspecified atom stereocenters. The quantitative estimate of drug-likeness (QED) is 0.838. The summed E-state index contributed by atoms with van der Waals surface area (Å²) < 4.78 is 0. The van der Waals surface area contributed by atoms with Crippen LogP contribution in [0.25, 0.3) is 0 Å². The van der Waals surface area contributed by atoms with E-state index in [1.165, 1.54) is 38.6 Å². The van der Waals surface area contributed by atoms with E-state index >= 15 is 0 Å². The summed E-state index contributed by atoms with van der Waals surface area (Å²) in [4.78, 5) is 0. The van der Waals surface area contributed by atoms with Gasteiger partial charge < -0.3 is 5.32 Å². The van der Waals surface area contributed by atoms with Gasteiger partial charge in [0.1, 0.15) is 0 Å². The molecule has 1 N–H and O–H groups in total. The normalized spacial score (nSPS) is 32.0. The molecule has 1 heteroatoms. The van der Waals surface area contributed by atoms with Crippen LogP contribution in [-0.2, 0) is 6.42 Å². The molecule has 0 aromatic heterocycles. The first-order valence-corrected chi connectivity index (χ1v) is 8.39. The second kappa shape index (κ2) is 5.52. The number of hydrogen-bond donors (Lipinski definition) is 1. The molecule has 0 heterocycles. The Morgan fingerprint density at radius 2 is 1.90 bits per heavy atom. The average Bonchev–Trinajstić information content (AvgIpc) is 2.68. The van der Waals surface area contributed by atoms with Crippen LogP contribution in [0, 0.1) is 17.3 Å². The van der Waals surface area contributed by atoms with Gasteiger partial charge in [0, 0.05) is 6.04 Å². The highest BCUT2D eigenvalue weighted by Gasteiger charge is 2.38. The SMILES string of the molecule is CC1CCCCC1CNC1c2ccccc2CC1(C)C. The molecule has 0 bridgehead atoms. The fourth-order valence-electron chi connectivity index (χ4n) is 4.34. The predicted octanol–water partition coefficient (Wildman–Crippen LogP) is 4.73. The van der Waals surface area contributed by atoms with Gasteiger partial charge in [-0.25, -0.2) is 0 Å². The summed E-state index contributed by atoms with van der Waals surface area (Å²) in [7, 11) is 0. The van der Waals surface area contributed by atoms with Gasteiger partial charge in [-0.15, -0.1) is 0 Å². The van der Waals surface area contributed by atoms with Gasteiger partial charge in [-0.2, -0.15) is 0 Å². The molecular formula is C19H29N. The van der Waals surface area contributed by atoms with Crippen LogP contribution in [0.2, 0.25) is 0 Å². The summed E-state index contributed by atoms with van der Waals surface area (Å²) in [6, 6.07) is 9.54. The van der Waals surface area contributed by atoms with Crippen molar-refractivity contribution in [2.75, 3.05) is 6.54 Å². The minimum absolute atomic E-state index is 0.349. The highest BCUT2D eigenvalue weighted by atomic mass is 14.9. The van der Waals surface area contributed by atoms with E-state index < -0.39 is 0 Å². The molecule has 1 fully saturated rings. The van der Waals surface area contributed by atoms with Crippen LogP contribution in [0.4, 0.5) is 0 Å². The monoisotopic (exact) mass is 271 g/mol. The van der Waals surface area contributed by atoms with E-state index in [4.69, 9.17) is 0 Å². The lowest BCUT2D eigenvalue weighted by molar-refractivity contribution is 0.207. The lowest BCUT2D eigenvalue weighted by Gasteiger charge is -2.34. The molecule has 3 atom stereocenters. The van der Waals surface area contributed by atoms with Crippen LogP contribution in [0.3, 0.4) is 0 Å². The fourth-order valence-corrected chi connectivity index (χ4v) is 4.34. The molecule has 1 saturated carbocycles. The molecule has 3 rings (SSSR count). The van der Waals surface area contributed by atoms with Crippen LogP contribution in [0.1, 0.15) is 63.6 Å². The zero-order valence-electron chi connectivity index (χ0n) is 13.3. The third-order valence-electron chi connectivity index (χ3n) is 5.67. The van der Waals surface area contributed by atoms with Crippen molar-refractivity contribution in [3.8, 4) is 0 Å². The van der Waals surface area contributed by atoms with Crippen molar-refractivity contribution in [3.05, 3.63) is 35.4 Å². The van der Waals surface area contributed by atoms with Gasteiger partial charge in [-0.05, 0) is 47.8 Å². The molecule has 20 heavy (non-hydrogen) atoms. The topological polar surface area (TPSA) is 12.0 Å². The Hall–Kier alpha value is -0.820. The smallest absolute Gasteiger partial charge is 0.0377 e.